The quantitative estimate of drug-likeness (QED) is 0.485. The number of halogens is 2. The minimum absolute atomic E-state index is 0.0506. The second-order valence-electron chi connectivity index (χ2n) is 7.17. The molecule has 3 aromatic rings. The molecule has 0 aliphatic carbocycles. The van der Waals surface area contributed by atoms with Crippen LogP contribution >= 0.6 is 23.2 Å². The van der Waals surface area contributed by atoms with E-state index in [0.29, 0.717) is 26.9 Å². The molecule has 0 aliphatic heterocycles. The number of rotatable bonds is 7. The van der Waals surface area contributed by atoms with Gasteiger partial charge in [-0.2, -0.15) is 0 Å². The molecule has 0 heterocycles. The van der Waals surface area contributed by atoms with Crippen molar-refractivity contribution < 1.29 is 13.2 Å². The lowest BCUT2D eigenvalue weighted by molar-refractivity contribution is -0.117. The maximum Gasteiger partial charge on any atom is 0.261 e. The first-order chi connectivity index (χ1) is 14.2. The molecule has 0 aromatic heterocycles. The zero-order chi connectivity index (χ0) is 21.9. The summed E-state index contributed by atoms with van der Waals surface area (Å²) in [5.41, 5.74) is 3.43. The van der Waals surface area contributed by atoms with Crippen LogP contribution in [0.4, 0.5) is 5.69 Å². The van der Waals surface area contributed by atoms with E-state index in [-0.39, 0.29) is 23.5 Å². The molecule has 3 rings (SSSR count). The van der Waals surface area contributed by atoms with Gasteiger partial charge in [0.2, 0.25) is 0 Å². The molecule has 0 bridgehead atoms. The summed E-state index contributed by atoms with van der Waals surface area (Å²) < 4.78 is 28.2. The van der Waals surface area contributed by atoms with Crippen LogP contribution in [0.2, 0.25) is 10.0 Å². The first-order valence-electron chi connectivity index (χ1n) is 9.29. The molecule has 0 atom stereocenters. The first kappa shape index (κ1) is 22.3. The number of carbonyl (C=O) groups excluding carboxylic acids is 1. The molecular weight excluding hydrogens is 441 g/mol. The van der Waals surface area contributed by atoms with Crippen LogP contribution in [-0.2, 0) is 27.7 Å². The Labute approximate surface area is 186 Å². The third-order valence-corrected chi connectivity index (χ3v) is 6.75. The van der Waals surface area contributed by atoms with Crippen molar-refractivity contribution >= 4 is 44.7 Å². The van der Waals surface area contributed by atoms with E-state index in [0.717, 1.165) is 11.1 Å². The van der Waals surface area contributed by atoms with E-state index >= 15 is 0 Å². The van der Waals surface area contributed by atoms with Gasteiger partial charge in [0.05, 0.1) is 10.6 Å². The fourth-order valence-corrected chi connectivity index (χ4v) is 4.69. The van der Waals surface area contributed by atoms with Crippen LogP contribution in [0, 0.1) is 13.8 Å². The summed E-state index contributed by atoms with van der Waals surface area (Å²) in [5.74, 6) is -0.119. The smallest absolute Gasteiger partial charge is 0.261 e. The normalized spacial score (nSPS) is 11.3. The lowest BCUT2D eigenvalue weighted by Crippen LogP contribution is -2.16. The van der Waals surface area contributed by atoms with Crippen molar-refractivity contribution in [1.82, 2.24) is 0 Å². The molecule has 1 N–H and O–H groups in total. The molecule has 0 saturated carbocycles. The molecule has 30 heavy (non-hydrogen) atoms. The topological polar surface area (TPSA) is 63.2 Å². The van der Waals surface area contributed by atoms with E-state index in [1.54, 1.807) is 60.7 Å². The number of benzene rings is 3. The Kier molecular flexibility index (Phi) is 6.86. The Balaban J connectivity index is 1.85. The van der Waals surface area contributed by atoms with Crippen LogP contribution in [0.15, 0.2) is 65.6 Å². The molecule has 0 radical (unpaired) electrons. The second kappa shape index (κ2) is 9.21. The Morgan fingerprint density at radius 1 is 0.867 bits per heavy atom. The van der Waals surface area contributed by atoms with E-state index in [9.17, 15) is 13.2 Å². The van der Waals surface area contributed by atoms with Crippen molar-refractivity contribution in [3.63, 3.8) is 0 Å². The van der Waals surface area contributed by atoms with Gasteiger partial charge in [-0.15, -0.1) is 0 Å². The van der Waals surface area contributed by atoms with Crippen LogP contribution < -0.4 is 4.72 Å². The van der Waals surface area contributed by atoms with Crippen LogP contribution in [0.5, 0.6) is 0 Å². The van der Waals surface area contributed by atoms with Gasteiger partial charge in [0.15, 0.2) is 0 Å². The van der Waals surface area contributed by atoms with Gasteiger partial charge in [-0.25, -0.2) is 8.42 Å². The maximum atomic E-state index is 12.8. The highest BCUT2D eigenvalue weighted by Crippen LogP contribution is 2.27. The summed E-state index contributed by atoms with van der Waals surface area (Å²) in [6.45, 7) is 3.77. The van der Waals surface area contributed by atoms with Gasteiger partial charge in [0, 0.05) is 22.9 Å². The fraction of sp³-hybridized carbons (Fsp3) is 0.174. The summed E-state index contributed by atoms with van der Waals surface area (Å²) >= 11 is 12.3. The summed E-state index contributed by atoms with van der Waals surface area (Å²) in [6.07, 6.45) is 0.117. The zero-order valence-corrected chi connectivity index (χ0v) is 18.9. The van der Waals surface area contributed by atoms with Crippen molar-refractivity contribution in [3.8, 4) is 0 Å². The Morgan fingerprint density at radius 2 is 1.47 bits per heavy atom. The Bertz CT molecular complexity index is 1170. The zero-order valence-electron chi connectivity index (χ0n) is 16.6. The minimum Gasteiger partial charge on any atom is -0.299 e. The molecular formula is C23H21Cl2NO3S. The number of hydrogen-bond donors (Lipinski definition) is 1. The van der Waals surface area contributed by atoms with Gasteiger partial charge in [0.25, 0.3) is 10.0 Å². The van der Waals surface area contributed by atoms with Gasteiger partial charge >= 0.3 is 0 Å². The number of hydrogen-bond acceptors (Lipinski definition) is 3. The van der Waals surface area contributed by atoms with Gasteiger partial charge in [-0.05, 0) is 55.3 Å². The molecule has 0 fully saturated rings. The number of ketones is 1. The molecule has 0 unspecified atom stereocenters. The van der Waals surface area contributed by atoms with E-state index in [1.165, 1.54) is 0 Å². The largest absolute Gasteiger partial charge is 0.299 e. The van der Waals surface area contributed by atoms with E-state index in [1.807, 2.05) is 13.8 Å². The van der Waals surface area contributed by atoms with Crippen molar-refractivity contribution in [1.29, 1.82) is 0 Å². The Hall–Kier alpha value is -2.34. The lowest BCUT2D eigenvalue weighted by Gasteiger charge is -2.14. The molecule has 0 spiro atoms. The summed E-state index contributed by atoms with van der Waals surface area (Å²) in [7, 11) is -3.78. The molecule has 0 saturated heterocycles. The van der Waals surface area contributed by atoms with E-state index in [4.69, 9.17) is 23.2 Å². The van der Waals surface area contributed by atoms with Crippen molar-refractivity contribution in [2.45, 2.75) is 31.6 Å². The predicted octanol–water partition coefficient (Wildman–Crippen LogP) is 5.77. The second-order valence-corrected chi connectivity index (χ2v) is 9.67. The highest BCUT2D eigenvalue weighted by atomic mass is 35.5. The SMILES string of the molecule is Cc1ccc(S(=O)(=O)Nc2ccc(C)cc2CC(=O)Cc2c(Cl)cccc2Cl)cc1. The van der Waals surface area contributed by atoms with Gasteiger partial charge < -0.3 is 0 Å². The molecule has 0 aliphatic rings. The standard InChI is InChI=1S/C23H21Cl2NO3S/c1-15-6-9-19(10-7-15)30(28,29)26-23-11-8-16(2)12-17(23)13-18(27)14-20-21(24)4-3-5-22(20)25/h3-12,26H,13-14H2,1-2H3. The highest BCUT2D eigenvalue weighted by molar-refractivity contribution is 7.92. The maximum absolute atomic E-state index is 12.8. The summed E-state index contributed by atoms with van der Waals surface area (Å²) in [4.78, 5) is 12.9. The molecule has 156 valence electrons. The molecule has 4 nitrogen and oxygen atoms in total. The molecule has 7 heteroatoms. The monoisotopic (exact) mass is 461 g/mol. The van der Waals surface area contributed by atoms with Crippen molar-refractivity contribution in [2.75, 3.05) is 4.72 Å². The van der Waals surface area contributed by atoms with Gasteiger partial charge in [0.1, 0.15) is 5.78 Å². The van der Waals surface area contributed by atoms with E-state index in [2.05, 4.69) is 4.72 Å². The number of Topliss-reactive ketones (excluding diaryl/α,β-unsaturated/α-hetero) is 1. The minimum atomic E-state index is -3.78. The third-order valence-electron chi connectivity index (χ3n) is 4.66. The summed E-state index contributed by atoms with van der Waals surface area (Å²) in [6, 6.07) is 16.9. The average molecular weight is 462 g/mol. The number of anilines is 1. The fourth-order valence-electron chi connectivity index (χ4n) is 3.06. The number of carbonyl (C=O) groups is 1. The number of nitrogens with one attached hydrogen (secondary N) is 1. The number of aryl methyl sites for hydroxylation is 2. The first-order valence-corrected chi connectivity index (χ1v) is 11.5. The van der Waals surface area contributed by atoms with Crippen LogP contribution in [0.25, 0.3) is 0 Å². The average Bonchev–Trinajstić information content (AvgIpc) is 2.67. The highest BCUT2D eigenvalue weighted by Gasteiger charge is 2.18. The van der Waals surface area contributed by atoms with Gasteiger partial charge in [-0.1, -0.05) is 64.7 Å². The molecule has 0 amide bonds. The van der Waals surface area contributed by atoms with Gasteiger partial charge in [-0.3, -0.25) is 9.52 Å². The third kappa shape index (κ3) is 5.42. The van der Waals surface area contributed by atoms with Crippen LogP contribution in [-0.4, -0.2) is 14.2 Å². The lowest BCUT2D eigenvalue weighted by atomic mass is 10.00. The van der Waals surface area contributed by atoms with Crippen molar-refractivity contribution in [3.05, 3.63) is 93.0 Å². The van der Waals surface area contributed by atoms with E-state index < -0.39 is 10.0 Å². The van der Waals surface area contributed by atoms with Crippen LogP contribution in [0.3, 0.4) is 0 Å². The van der Waals surface area contributed by atoms with Crippen LogP contribution in [0.1, 0.15) is 22.3 Å². The predicted molar refractivity (Wildman–Crippen MR) is 122 cm³/mol. The Morgan fingerprint density at radius 3 is 2.10 bits per heavy atom. The molecule has 3 aromatic carbocycles. The number of sulfonamides is 1. The van der Waals surface area contributed by atoms with Crippen molar-refractivity contribution in [2.24, 2.45) is 0 Å². The summed E-state index contributed by atoms with van der Waals surface area (Å²) in [5, 5.41) is 0.862.